The molecular formula is C40H50. The van der Waals surface area contributed by atoms with Gasteiger partial charge >= 0.3 is 0 Å². The summed E-state index contributed by atoms with van der Waals surface area (Å²) < 4.78 is 102. The van der Waals surface area contributed by atoms with Gasteiger partial charge in [0, 0.05) is 0 Å². The smallest absolute Gasteiger partial charge is 0.0579 e. The van der Waals surface area contributed by atoms with Crippen LogP contribution in [0, 0.1) is 27.7 Å². The highest BCUT2D eigenvalue weighted by Gasteiger charge is 2.22. The summed E-state index contributed by atoms with van der Waals surface area (Å²) in [5, 5.41) is 0. The minimum absolute atomic E-state index is 0.0163. The van der Waals surface area contributed by atoms with E-state index in [0.29, 0.717) is 27.8 Å². The van der Waals surface area contributed by atoms with E-state index in [4.69, 9.17) is 8.22 Å². The van der Waals surface area contributed by atoms with Crippen molar-refractivity contribution in [3.63, 3.8) is 0 Å². The Kier molecular flexibility index (Phi) is 4.75. The number of rotatable bonds is 3. The third-order valence-corrected chi connectivity index (χ3v) is 7.50. The van der Waals surface area contributed by atoms with Crippen LogP contribution in [0.1, 0.15) is 116 Å². The molecule has 4 aromatic carbocycles. The fraction of sp³-hybridized carbons (Fsp3) is 0.400. The first-order valence-corrected chi connectivity index (χ1v) is 14.0. The molecule has 0 atom stereocenters. The fourth-order valence-electron chi connectivity index (χ4n) is 5.09. The Morgan fingerprint density at radius 3 is 1.50 bits per heavy atom. The van der Waals surface area contributed by atoms with Crippen molar-refractivity contribution < 1.29 is 15.1 Å². The first-order chi connectivity index (χ1) is 23.0. The lowest BCUT2D eigenvalue weighted by atomic mass is 9.79. The third-order valence-electron chi connectivity index (χ3n) is 7.50. The van der Waals surface area contributed by atoms with Gasteiger partial charge in [-0.15, -0.1) is 0 Å². The summed E-state index contributed by atoms with van der Waals surface area (Å²) in [5.74, 6) is 0. The zero-order valence-electron chi connectivity index (χ0n) is 37.5. The van der Waals surface area contributed by atoms with Crippen LogP contribution in [0.3, 0.4) is 0 Å². The van der Waals surface area contributed by atoms with Crippen LogP contribution in [-0.4, -0.2) is 0 Å². The molecule has 0 aliphatic carbocycles. The molecule has 4 rings (SSSR count). The van der Waals surface area contributed by atoms with Crippen molar-refractivity contribution in [2.75, 3.05) is 0 Å². The second-order valence-corrected chi connectivity index (χ2v) is 14.0. The Morgan fingerprint density at radius 1 is 0.425 bits per heavy atom. The van der Waals surface area contributed by atoms with Gasteiger partial charge in [-0.3, -0.25) is 0 Å². The minimum atomic E-state index is -0.749. The molecule has 0 amide bonds. The predicted molar refractivity (Wildman–Crippen MR) is 178 cm³/mol. The van der Waals surface area contributed by atoms with Crippen molar-refractivity contribution in [1.82, 2.24) is 0 Å². The van der Waals surface area contributed by atoms with Crippen LogP contribution in [0.5, 0.6) is 0 Å². The molecule has 0 aromatic heterocycles. The minimum Gasteiger partial charge on any atom is -0.0579 e. The summed E-state index contributed by atoms with van der Waals surface area (Å²) in [6, 6.07) is -2.73. The van der Waals surface area contributed by atoms with Crippen LogP contribution in [0.2, 0.25) is 0 Å². The van der Waals surface area contributed by atoms with Crippen molar-refractivity contribution in [2.24, 2.45) is 0 Å². The maximum absolute atomic E-state index is 9.71. The first-order valence-electron chi connectivity index (χ1n) is 19.5. The zero-order chi connectivity index (χ0) is 39.4. The molecular weight excluding hydrogens is 480 g/mol. The number of benzene rings is 4. The Labute approximate surface area is 260 Å². The molecule has 4 aromatic rings. The van der Waals surface area contributed by atoms with Gasteiger partial charge in [0.2, 0.25) is 0 Å². The van der Waals surface area contributed by atoms with E-state index in [9.17, 15) is 6.85 Å². The van der Waals surface area contributed by atoms with E-state index in [2.05, 4.69) is 0 Å². The molecule has 0 radical (unpaired) electrons. The van der Waals surface area contributed by atoms with Gasteiger partial charge in [0.25, 0.3) is 0 Å². The molecule has 0 heterocycles. The predicted octanol–water partition coefficient (Wildman–Crippen LogP) is 11.8. The summed E-state index contributed by atoms with van der Waals surface area (Å²) in [7, 11) is 0. The van der Waals surface area contributed by atoms with Crippen molar-refractivity contribution in [2.45, 2.75) is 106 Å². The first kappa shape index (κ1) is 18.3. The zero-order valence-corrected chi connectivity index (χ0v) is 26.5. The SMILES string of the molecule is [2H]c1c([2H])c(C(C)(C)C)c([2H])c([2H])c1-c1c([2H])c(-c2c([2H])c([2H])c(C(C)(C)C)c(C)c2[2H])c(C)c(-c2c([2H])c([2H])c(C(C)(C)C)c(C)c2C)c1[2H]. The molecule has 0 bridgehead atoms. The molecule has 0 aliphatic rings. The highest BCUT2D eigenvalue weighted by atomic mass is 14.3. The van der Waals surface area contributed by atoms with Crippen molar-refractivity contribution in [3.8, 4) is 33.4 Å². The Hall–Kier alpha value is -3.12. The van der Waals surface area contributed by atoms with Crippen LogP contribution >= 0.6 is 0 Å². The van der Waals surface area contributed by atoms with Gasteiger partial charge in [0.05, 0.1) is 15.1 Å². The quantitative estimate of drug-likeness (QED) is 0.242. The third kappa shape index (κ3) is 5.83. The van der Waals surface area contributed by atoms with Crippen molar-refractivity contribution in [3.05, 3.63) is 105 Å². The molecule has 0 nitrogen and oxygen atoms in total. The van der Waals surface area contributed by atoms with Crippen LogP contribution < -0.4 is 0 Å². The highest BCUT2D eigenvalue weighted by molar-refractivity contribution is 5.86. The lowest BCUT2D eigenvalue weighted by molar-refractivity contribution is 0.585. The second kappa shape index (κ2) is 10.4. The maximum Gasteiger partial charge on any atom is 0.0636 e. The Bertz CT molecular complexity index is 1790. The molecule has 0 saturated heterocycles. The van der Waals surface area contributed by atoms with Crippen LogP contribution in [0.4, 0.5) is 0 Å². The average molecular weight is 542 g/mol. The highest BCUT2D eigenvalue weighted by Crippen LogP contribution is 2.41. The molecule has 40 heavy (non-hydrogen) atoms. The second-order valence-electron chi connectivity index (χ2n) is 14.0. The van der Waals surface area contributed by atoms with E-state index >= 15 is 0 Å². The lowest BCUT2D eigenvalue weighted by Crippen LogP contribution is -2.14. The van der Waals surface area contributed by atoms with Gasteiger partial charge < -0.3 is 0 Å². The summed E-state index contributed by atoms with van der Waals surface area (Å²) in [6.45, 7) is 24.0. The van der Waals surface area contributed by atoms with E-state index in [1.807, 2.05) is 55.4 Å². The Morgan fingerprint density at radius 2 is 0.950 bits per heavy atom. The summed E-state index contributed by atoms with van der Waals surface area (Å²) >= 11 is 0. The van der Waals surface area contributed by atoms with E-state index in [-0.39, 0.29) is 93.3 Å². The maximum atomic E-state index is 9.71. The standard InChI is InChI=1S/C40H50/c1-25-22-30(16-20-36(25)39(8,9)10)34-23-31(29-14-17-32(18-15-29)38(5,6)7)24-35(28(34)4)33-19-21-37(40(11,12)13)27(3)26(33)2/h14-24H,1-13H3/i14D,15D,16D,17D,18D,19D,20D,21D,22D,23D,24D. The van der Waals surface area contributed by atoms with Gasteiger partial charge in [-0.2, -0.15) is 0 Å². The summed E-state index contributed by atoms with van der Waals surface area (Å²) in [6.07, 6.45) is 0. The van der Waals surface area contributed by atoms with Crippen molar-refractivity contribution >= 4 is 0 Å². The lowest BCUT2D eigenvalue weighted by Gasteiger charge is -2.26. The molecule has 0 heteroatoms. The van der Waals surface area contributed by atoms with Crippen molar-refractivity contribution in [1.29, 1.82) is 0 Å². The molecule has 0 fully saturated rings. The van der Waals surface area contributed by atoms with E-state index in [1.165, 1.54) is 0 Å². The van der Waals surface area contributed by atoms with Gasteiger partial charge in [-0.1, -0.05) is 117 Å². The van der Waals surface area contributed by atoms with E-state index in [0.717, 1.165) is 5.56 Å². The summed E-state index contributed by atoms with van der Waals surface area (Å²) in [4.78, 5) is 0. The monoisotopic (exact) mass is 541 g/mol. The normalized spacial score (nSPS) is 16.5. The van der Waals surface area contributed by atoms with Crippen LogP contribution in [-0.2, 0) is 16.2 Å². The molecule has 0 saturated carbocycles. The van der Waals surface area contributed by atoms with Gasteiger partial charge in [-0.05, 0) is 128 Å². The molecule has 210 valence electrons. The largest absolute Gasteiger partial charge is 0.0636 e. The molecule has 0 aliphatic heterocycles. The molecule has 0 unspecified atom stereocenters. The van der Waals surface area contributed by atoms with Gasteiger partial charge in [-0.25, -0.2) is 0 Å². The summed E-state index contributed by atoms with van der Waals surface area (Å²) in [5.41, 5.74) is 1.70. The van der Waals surface area contributed by atoms with Gasteiger partial charge in [0.1, 0.15) is 0 Å². The molecule has 0 N–H and O–H groups in total. The number of hydrogen-bond donors (Lipinski definition) is 0. The number of hydrogen-bond acceptors (Lipinski definition) is 0. The topological polar surface area (TPSA) is 0 Å². The average Bonchev–Trinajstić information content (AvgIpc) is 2.97. The van der Waals surface area contributed by atoms with Crippen LogP contribution in [0.25, 0.3) is 33.4 Å². The van der Waals surface area contributed by atoms with E-state index in [1.54, 1.807) is 34.6 Å². The van der Waals surface area contributed by atoms with E-state index < -0.39 is 28.3 Å². The van der Waals surface area contributed by atoms with Crippen LogP contribution in [0.15, 0.2) is 66.5 Å². The Balaban J connectivity index is 2.42. The van der Waals surface area contributed by atoms with Gasteiger partial charge in [0.15, 0.2) is 0 Å². The fourth-order valence-corrected chi connectivity index (χ4v) is 5.09. The molecule has 0 spiro atoms.